The average Bonchev–Trinajstić information content (AvgIpc) is 3.12. The quantitative estimate of drug-likeness (QED) is 0.595. The van der Waals surface area contributed by atoms with Gasteiger partial charge in [0.15, 0.2) is 5.16 Å². The van der Waals surface area contributed by atoms with Gasteiger partial charge < -0.3 is 14.2 Å². The van der Waals surface area contributed by atoms with E-state index in [9.17, 15) is 9.59 Å². The summed E-state index contributed by atoms with van der Waals surface area (Å²) < 4.78 is 6.65. The number of hydrogen-bond donors (Lipinski definition) is 0. The van der Waals surface area contributed by atoms with E-state index in [1.54, 1.807) is 11.2 Å². The lowest BCUT2D eigenvalue weighted by molar-refractivity contribution is -0.145. The highest BCUT2D eigenvalue weighted by molar-refractivity contribution is 7.99. The molecule has 1 aliphatic heterocycles. The summed E-state index contributed by atoms with van der Waals surface area (Å²) >= 11 is 1.37. The number of esters is 1. The first-order valence-corrected chi connectivity index (χ1v) is 7.89. The van der Waals surface area contributed by atoms with Crippen molar-refractivity contribution in [1.82, 2.24) is 19.7 Å². The molecule has 116 valence electrons. The van der Waals surface area contributed by atoms with E-state index in [1.165, 1.54) is 18.9 Å². The second-order valence-electron chi connectivity index (χ2n) is 5.25. The van der Waals surface area contributed by atoms with Crippen LogP contribution in [0.5, 0.6) is 0 Å². The Kier molecular flexibility index (Phi) is 5.22. The first-order valence-electron chi connectivity index (χ1n) is 6.90. The van der Waals surface area contributed by atoms with Crippen LogP contribution in [0.1, 0.15) is 26.3 Å². The molecule has 1 saturated heterocycles. The molecule has 1 aliphatic rings. The minimum atomic E-state index is -0.238. The molecule has 0 radical (unpaired) electrons. The van der Waals surface area contributed by atoms with Crippen molar-refractivity contribution in [2.75, 3.05) is 26.0 Å². The minimum absolute atomic E-state index is 0.0182. The fourth-order valence-electron chi connectivity index (χ4n) is 2.25. The summed E-state index contributed by atoms with van der Waals surface area (Å²) in [4.78, 5) is 25.3. The summed E-state index contributed by atoms with van der Waals surface area (Å²) in [6, 6.07) is 0.257. The van der Waals surface area contributed by atoms with Crippen molar-refractivity contribution >= 4 is 23.6 Å². The van der Waals surface area contributed by atoms with Crippen LogP contribution in [-0.2, 0) is 14.3 Å². The molecule has 1 aromatic heterocycles. The number of nitrogens with zero attached hydrogens (tertiary/aromatic N) is 4. The van der Waals surface area contributed by atoms with Crippen molar-refractivity contribution in [1.29, 1.82) is 0 Å². The average molecular weight is 312 g/mol. The molecule has 21 heavy (non-hydrogen) atoms. The zero-order valence-electron chi connectivity index (χ0n) is 12.5. The molecule has 0 bridgehead atoms. The van der Waals surface area contributed by atoms with Gasteiger partial charge >= 0.3 is 5.97 Å². The third-order valence-corrected chi connectivity index (χ3v) is 4.44. The second kappa shape index (κ2) is 6.93. The fourth-order valence-corrected chi connectivity index (χ4v) is 3.20. The molecule has 1 fully saturated rings. The maximum absolute atomic E-state index is 12.2. The summed E-state index contributed by atoms with van der Waals surface area (Å²) in [5.74, 6) is -0.107. The van der Waals surface area contributed by atoms with E-state index in [2.05, 4.69) is 10.2 Å². The Balaban J connectivity index is 1.85. The number of hydrogen-bond acceptors (Lipinski definition) is 6. The van der Waals surface area contributed by atoms with Crippen molar-refractivity contribution in [3.8, 4) is 0 Å². The molecule has 7 nitrogen and oxygen atoms in total. The number of ether oxygens (including phenoxy) is 1. The van der Waals surface area contributed by atoms with Gasteiger partial charge in [0.1, 0.15) is 6.33 Å². The van der Waals surface area contributed by atoms with Gasteiger partial charge in [0.05, 0.1) is 18.8 Å². The molecule has 8 heteroatoms. The van der Waals surface area contributed by atoms with Crippen LogP contribution >= 0.6 is 11.8 Å². The summed E-state index contributed by atoms with van der Waals surface area (Å²) in [5.41, 5.74) is 0. The monoisotopic (exact) mass is 312 g/mol. The van der Waals surface area contributed by atoms with Crippen LogP contribution < -0.4 is 0 Å². The predicted molar refractivity (Wildman–Crippen MR) is 77.8 cm³/mol. The van der Waals surface area contributed by atoms with E-state index in [4.69, 9.17) is 4.74 Å². The van der Waals surface area contributed by atoms with Gasteiger partial charge in [0.25, 0.3) is 0 Å². The number of amides is 1. The van der Waals surface area contributed by atoms with Crippen molar-refractivity contribution in [3.05, 3.63) is 6.33 Å². The molecular weight excluding hydrogens is 292 g/mol. The van der Waals surface area contributed by atoms with Crippen LogP contribution in [-0.4, -0.2) is 57.5 Å². The van der Waals surface area contributed by atoms with E-state index in [-0.39, 0.29) is 23.8 Å². The number of thioether (sulfide) groups is 1. The van der Waals surface area contributed by atoms with E-state index >= 15 is 0 Å². The van der Waals surface area contributed by atoms with Crippen molar-refractivity contribution < 1.29 is 14.3 Å². The molecule has 0 spiro atoms. The Morgan fingerprint density at radius 2 is 2.29 bits per heavy atom. The fraction of sp³-hybridized carbons (Fsp3) is 0.692. The Morgan fingerprint density at radius 3 is 2.95 bits per heavy atom. The molecule has 0 aliphatic carbocycles. The number of carbonyl (C=O) groups excluding carboxylic acids is 2. The van der Waals surface area contributed by atoms with Gasteiger partial charge in [0.2, 0.25) is 5.91 Å². The number of likely N-dealkylation sites (tertiary alicyclic amines) is 1. The number of rotatable bonds is 5. The van der Waals surface area contributed by atoms with E-state index in [1.807, 2.05) is 18.4 Å². The van der Waals surface area contributed by atoms with Gasteiger partial charge in [-0.3, -0.25) is 9.59 Å². The van der Waals surface area contributed by atoms with Gasteiger partial charge in [-0.1, -0.05) is 11.8 Å². The molecule has 2 rings (SSSR count). The van der Waals surface area contributed by atoms with Crippen molar-refractivity contribution in [2.45, 2.75) is 31.5 Å². The summed E-state index contributed by atoms with van der Waals surface area (Å²) in [6.45, 7) is 5.13. The van der Waals surface area contributed by atoms with Crippen molar-refractivity contribution in [3.63, 3.8) is 0 Å². The topological polar surface area (TPSA) is 77.3 Å². The Labute approximate surface area is 128 Å². The standard InChI is InChI=1S/C13H20N4O3S/c1-9(2)17-8-14-15-13(17)21-7-11(18)16-5-4-10(6-16)12(19)20-3/h8-10H,4-7H2,1-3H3. The molecule has 0 N–H and O–H groups in total. The molecule has 2 heterocycles. The first kappa shape index (κ1) is 15.8. The molecular formula is C13H20N4O3S. The molecule has 0 saturated carbocycles. The molecule has 1 amide bonds. The highest BCUT2D eigenvalue weighted by Crippen LogP contribution is 2.22. The summed E-state index contributed by atoms with van der Waals surface area (Å²) in [5, 5.41) is 8.63. The van der Waals surface area contributed by atoms with Gasteiger partial charge in [-0.15, -0.1) is 10.2 Å². The van der Waals surface area contributed by atoms with Gasteiger partial charge in [-0.05, 0) is 20.3 Å². The maximum Gasteiger partial charge on any atom is 0.310 e. The number of carbonyl (C=O) groups is 2. The largest absolute Gasteiger partial charge is 0.469 e. The van der Waals surface area contributed by atoms with Crippen molar-refractivity contribution in [2.24, 2.45) is 5.92 Å². The SMILES string of the molecule is COC(=O)C1CCN(C(=O)CSc2nncn2C(C)C)C1. The smallest absolute Gasteiger partial charge is 0.310 e. The third kappa shape index (κ3) is 3.75. The normalized spacial score (nSPS) is 18.3. The van der Waals surface area contributed by atoms with Gasteiger partial charge in [-0.2, -0.15) is 0 Å². The second-order valence-corrected chi connectivity index (χ2v) is 6.19. The number of methoxy groups -OCH3 is 1. The van der Waals surface area contributed by atoms with Crippen LogP contribution in [0.15, 0.2) is 11.5 Å². The Morgan fingerprint density at radius 1 is 1.52 bits per heavy atom. The zero-order valence-corrected chi connectivity index (χ0v) is 13.3. The Bertz CT molecular complexity index is 517. The van der Waals surface area contributed by atoms with Crippen LogP contribution in [0.3, 0.4) is 0 Å². The lowest BCUT2D eigenvalue weighted by Crippen LogP contribution is -2.31. The van der Waals surface area contributed by atoms with E-state index in [0.29, 0.717) is 25.3 Å². The van der Waals surface area contributed by atoms with Crippen LogP contribution in [0, 0.1) is 5.92 Å². The molecule has 1 atom stereocenters. The predicted octanol–water partition coefficient (Wildman–Crippen LogP) is 0.973. The molecule has 1 unspecified atom stereocenters. The van der Waals surface area contributed by atoms with E-state index < -0.39 is 0 Å². The summed E-state index contributed by atoms with van der Waals surface area (Å²) in [7, 11) is 1.38. The third-order valence-electron chi connectivity index (χ3n) is 3.50. The number of aromatic nitrogens is 3. The highest BCUT2D eigenvalue weighted by Gasteiger charge is 2.31. The van der Waals surface area contributed by atoms with Gasteiger partial charge in [-0.25, -0.2) is 0 Å². The summed E-state index contributed by atoms with van der Waals surface area (Å²) in [6.07, 6.45) is 2.34. The van der Waals surface area contributed by atoms with Crippen LogP contribution in [0.25, 0.3) is 0 Å². The highest BCUT2D eigenvalue weighted by atomic mass is 32.2. The van der Waals surface area contributed by atoms with E-state index in [0.717, 1.165) is 5.16 Å². The first-order chi connectivity index (χ1) is 10.0. The lowest BCUT2D eigenvalue weighted by Gasteiger charge is -2.16. The van der Waals surface area contributed by atoms with Gasteiger partial charge in [0, 0.05) is 19.1 Å². The van der Waals surface area contributed by atoms with Crippen LogP contribution in [0.2, 0.25) is 0 Å². The molecule has 1 aromatic rings. The van der Waals surface area contributed by atoms with Crippen LogP contribution in [0.4, 0.5) is 0 Å². The lowest BCUT2D eigenvalue weighted by atomic mass is 10.1. The minimum Gasteiger partial charge on any atom is -0.469 e. The Hall–Kier alpha value is -1.57. The maximum atomic E-state index is 12.2. The molecule has 0 aromatic carbocycles. The zero-order chi connectivity index (χ0) is 15.4.